The Kier molecular flexibility index (Phi) is 5.99. The molecule has 11 heteroatoms. The average molecular weight is 530 g/mol. The molecule has 1 aliphatic heterocycles. The van der Waals surface area contributed by atoms with Crippen molar-refractivity contribution in [3.8, 4) is 5.75 Å². The quantitative estimate of drug-likeness (QED) is 0.282. The number of hydrogen-bond donors (Lipinski definition) is 5. The molecule has 0 saturated heterocycles. The number of hydrogen-bond acceptors (Lipinski definition) is 9. The van der Waals surface area contributed by atoms with Gasteiger partial charge < -0.3 is 26.2 Å². The van der Waals surface area contributed by atoms with Gasteiger partial charge in [0, 0.05) is 41.7 Å². The number of carbonyl (C=O) groups is 3. The van der Waals surface area contributed by atoms with Crippen LogP contribution >= 0.6 is 11.6 Å². The molecule has 6 N–H and O–H groups in total. The Bertz CT molecular complexity index is 1340. The Morgan fingerprint density at radius 2 is 1.86 bits per heavy atom. The first kappa shape index (κ1) is 25.5. The van der Waals surface area contributed by atoms with Crippen LogP contribution in [0.25, 0.3) is 5.76 Å². The van der Waals surface area contributed by atoms with Gasteiger partial charge in [-0.15, -0.1) is 0 Å². The smallest absolute Gasteiger partial charge is 0.255 e. The van der Waals surface area contributed by atoms with Crippen LogP contribution in [0.2, 0.25) is 5.02 Å². The lowest BCUT2D eigenvalue weighted by Crippen LogP contribution is -2.65. The number of likely N-dealkylation sites (N-methyl/N-ethyl adjacent to an activating group) is 1. The highest BCUT2D eigenvalue weighted by atomic mass is 35.5. The van der Waals surface area contributed by atoms with Crippen molar-refractivity contribution in [1.82, 2.24) is 9.80 Å². The number of rotatable bonds is 4. The van der Waals surface area contributed by atoms with E-state index in [0.29, 0.717) is 35.8 Å². The van der Waals surface area contributed by atoms with Gasteiger partial charge >= 0.3 is 0 Å². The second-order valence-electron chi connectivity index (χ2n) is 10.3. The first-order valence-corrected chi connectivity index (χ1v) is 12.3. The molecule has 0 spiro atoms. The van der Waals surface area contributed by atoms with Gasteiger partial charge in [-0.05, 0) is 44.5 Å². The molecular formula is C26H28ClN3O7. The third-order valence-corrected chi connectivity index (χ3v) is 8.37. The van der Waals surface area contributed by atoms with Crippen LogP contribution in [0.4, 0.5) is 0 Å². The van der Waals surface area contributed by atoms with E-state index >= 15 is 0 Å². The topological polar surface area (TPSA) is 165 Å². The summed E-state index contributed by atoms with van der Waals surface area (Å²) in [5.74, 6) is -6.76. The Hall–Kier alpha value is -3.18. The molecule has 1 amide bonds. The predicted octanol–water partition coefficient (Wildman–Crippen LogP) is 0.989. The van der Waals surface area contributed by atoms with Crippen LogP contribution in [0.15, 0.2) is 35.1 Å². The number of benzene rings is 1. The molecule has 1 heterocycles. The van der Waals surface area contributed by atoms with Crippen LogP contribution in [0, 0.1) is 11.8 Å². The molecule has 10 nitrogen and oxygen atoms in total. The van der Waals surface area contributed by atoms with Crippen LogP contribution in [0.3, 0.4) is 0 Å². The monoisotopic (exact) mass is 529 g/mol. The molecule has 0 aromatic heterocycles. The maximum atomic E-state index is 13.9. The normalized spacial score (nSPS) is 29.6. The lowest BCUT2D eigenvalue weighted by molar-refractivity contribution is -0.153. The van der Waals surface area contributed by atoms with Crippen LogP contribution in [-0.2, 0) is 27.3 Å². The maximum Gasteiger partial charge on any atom is 0.255 e. The highest BCUT2D eigenvalue weighted by Gasteiger charge is 2.64. The highest BCUT2D eigenvalue weighted by Crippen LogP contribution is 2.53. The highest BCUT2D eigenvalue weighted by molar-refractivity contribution is 6.32. The van der Waals surface area contributed by atoms with Crippen molar-refractivity contribution in [2.75, 3.05) is 27.2 Å². The molecule has 1 saturated carbocycles. The zero-order valence-electron chi connectivity index (χ0n) is 20.4. The lowest BCUT2D eigenvalue weighted by Gasteiger charge is -2.50. The molecule has 0 radical (unpaired) electrons. The molecule has 4 aliphatic rings. The lowest BCUT2D eigenvalue weighted by atomic mass is 9.57. The molecule has 37 heavy (non-hydrogen) atoms. The molecule has 3 aliphatic carbocycles. The van der Waals surface area contributed by atoms with E-state index in [2.05, 4.69) is 0 Å². The number of primary amides is 1. The molecule has 4 atom stereocenters. The van der Waals surface area contributed by atoms with E-state index in [1.807, 2.05) is 17.1 Å². The summed E-state index contributed by atoms with van der Waals surface area (Å²) < 4.78 is 0. The van der Waals surface area contributed by atoms with E-state index in [1.54, 1.807) is 20.2 Å². The van der Waals surface area contributed by atoms with Crippen molar-refractivity contribution in [2.45, 2.75) is 31.0 Å². The number of fused-ring (bicyclic) bond motifs is 3. The van der Waals surface area contributed by atoms with Gasteiger partial charge in [-0.1, -0.05) is 23.8 Å². The van der Waals surface area contributed by atoms with Crippen LogP contribution in [-0.4, -0.2) is 86.5 Å². The second-order valence-corrected chi connectivity index (χ2v) is 10.8. The van der Waals surface area contributed by atoms with Crippen molar-refractivity contribution in [2.24, 2.45) is 17.6 Å². The summed E-state index contributed by atoms with van der Waals surface area (Å²) in [6.45, 7) is 1.74. The number of nitrogens with zero attached hydrogens (tertiary/aromatic N) is 2. The van der Waals surface area contributed by atoms with Crippen molar-refractivity contribution < 1.29 is 34.8 Å². The zero-order valence-corrected chi connectivity index (χ0v) is 21.1. The molecule has 196 valence electrons. The Labute approximate surface area is 217 Å². The number of aliphatic hydroxyl groups excluding tert-OH is 2. The first-order chi connectivity index (χ1) is 17.4. The molecular weight excluding hydrogens is 502 g/mol. The molecule has 0 unspecified atom stereocenters. The first-order valence-electron chi connectivity index (χ1n) is 11.9. The molecule has 1 fully saturated rings. The Balaban J connectivity index is 1.67. The molecule has 1 aromatic rings. The number of phenolic OH excluding ortho intramolecular Hbond substituents is 1. The van der Waals surface area contributed by atoms with E-state index in [9.17, 15) is 34.8 Å². The van der Waals surface area contributed by atoms with E-state index in [-0.39, 0.29) is 29.7 Å². The molecule has 0 bridgehead atoms. The molecule has 5 rings (SSSR count). The van der Waals surface area contributed by atoms with Crippen molar-refractivity contribution in [3.63, 3.8) is 0 Å². The minimum Gasteiger partial charge on any atom is -0.508 e. The van der Waals surface area contributed by atoms with Gasteiger partial charge in [-0.25, -0.2) is 0 Å². The summed E-state index contributed by atoms with van der Waals surface area (Å²) in [4.78, 5) is 42.6. The Morgan fingerprint density at radius 3 is 2.46 bits per heavy atom. The van der Waals surface area contributed by atoms with Crippen LogP contribution in [0.1, 0.15) is 23.1 Å². The number of ketones is 2. The van der Waals surface area contributed by atoms with Gasteiger partial charge in [0.25, 0.3) is 5.91 Å². The fourth-order valence-corrected chi connectivity index (χ4v) is 6.63. The third-order valence-electron chi connectivity index (χ3n) is 8.03. The number of halogens is 1. The van der Waals surface area contributed by atoms with E-state index < -0.39 is 58.0 Å². The van der Waals surface area contributed by atoms with Crippen LogP contribution < -0.4 is 5.73 Å². The standard InChI is InChI=1S/C26H28ClN3O7/c1-29(2)19-14-8-11-7-13-15(27)9-12(10-30-5-3-4-6-30)20(31)17(13)21(32)16(11)23(34)26(14,37)24(35)18(22(19)33)25(28)36/h3-4,9,11,14,19,31-32,35,37H,5-8,10H2,1-2H3,(H2,28,36)/t11-,14-,19-,26-/m0/s1. The summed E-state index contributed by atoms with van der Waals surface area (Å²) in [7, 11) is 3.11. The molecule has 1 aromatic carbocycles. The average Bonchev–Trinajstić information content (AvgIpc) is 3.32. The van der Waals surface area contributed by atoms with Crippen molar-refractivity contribution in [1.29, 1.82) is 0 Å². The predicted molar refractivity (Wildman–Crippen MR) is 134 cm³/mol. The summed E-state index contributed by atoms with van der Waals surface area (Å²) in [6, 6.07) is 0.520. The van der Waals surface area contributed by atoms with Gasteiger partial charge in [0.15, 0.2) is 11.4 Å². The number of aromatic hydroxyl groups is 1. The number of Topliss-reactive ketones (excluding diaryl/α,β-unsaturated/α-hetero) is 2. The summed E-state index contributed by atoms with van der Waals surface area (Å²) in [5, 5.41) is 45.4. The number of carbonyl (C=O) groups excluding carboxylic acids is 3. The summed E-state index contributed by atoms with van der Waals surface area (Å²) in [6.07, 6.45) is 4.17. The summed E-state index contributed by atoms with van der Waals surface area (Å²) in [5.41, 5.74) is 2.57. The largest absolute Gasteiger partial charge is 0.508 e. The van der Waals surface area contributed by atoms with Gasteiger partial charge in [0.05, 0.1) is 11.6 Å². The fraction of sp³-hybridized carbons (Fsp3) is 0.423. The van der Waals surface area contributed by atoms with Gasteiger partial charge in [-0.2, -0.15) is 0 Å². The number of amides is 1. The zero-order chi connectivity index (χ0) is 27.0. The third kappa shape index (κ3) is 3.54. The number of nitrogens with two attached hydrogens (primary N) is 1. The van der Waals surface area contributed by atoms with E-state index in [4.69, 9.17) is 17.3 Å². The minimum absolute atomic E-state index is 0.00551. The fourth-order valence-electron chi connectivity index (χ4n) is 6.33. The maximum absolute atomic E-state index is 13.9. The summed E-state index contributed by atoms with van der Waals surface area (Å²) >= 11 is 6.61. The van der Waals surface area contributed by atoms with Gasteiger partial charge in [-0.3, -0.25) is 24.2 Å². The van der Waals surface area contributed by atoms with Crippen molar-refractivity contribution >= 4 is 34.8 Å². The Morgan fingerprint density at radius 1 is 1.22 bits per heavy atom. The van der Waals surface area contributed by atoms with Gasteiger partial charge in [0.1, 0.15) is 22.8 Å². The van der Waals surface area contributed by atoms with Crippen molar-refractivity contribution in [3.05, 3.63) is 56.8 Å². The van der Waals surface area contributed by atoms with Gasteiger partial charge in [0.2, 0.25) is 5.78 Å². The van der Waals surface area contributed by atoms with E-state index in [1.165, 1.54) is 4.90 Å². The number of aliphatic hydroxyl groups is 3. The second kappa shape index (κ2) is 8.70. The SMILES string of the molecule is CN(C)[C@@H]1C(=O)C(C(N)=O)=C(O)[C@@]2(O)C(=O)C3=C(O)c4c(O)c(CN5CC=CC5)cc(Cl)c4C[C@H]3C[C@@H]12. The number of phenols is 1. The van der Waals surface area contributed by atoms with E-state index in [0.717, 1.165) is 0 Å². The van der Waals surface area contributed by atoms with Crippen LogP contribution in [0.5, 0.6) is 5.75 Å². The minimum atomic E-state index is -2.66.